The Balaban J connectivity index is 1.63. The van der Waals surface area contributed by atoms with E-state index in [1.165, 1.54) is 0 Å². The number of nitrogens with zero attached hydrogens (tertiary/aromatic N) is 2. The smallest absolute Gasteiger partial charge is 0.227 e. The standard InChI is InChI=1S/C18H18BrN3O2/c1-12-8-15(5-6-16(12)19)22-11-13(9-17(22)23)18(24)21-10-14-4-2-3-7-20-14/h2-8,13H,9-11H2,1H3,(H,21,24)/t13-/m1/s1. The molecule has 24 heavy (non-hydrogen) atoms. The predicted molar refractivity (Wildman–Crippen MR) is 95.4 cm³/mol. The largest absolute Gasteiger partial charge is 0.350 e. The van der Waals surface area contributed by atoms with Gasteiger partial charge >= 0.3 is 0 Å². The van der Waals surface area contributed by atoms with E-state index < -0.39 is 0 Å². The van der Waals surface area contributed by atoms with Gasteiger partial charge in [-0.05, 0) is 42.8 Å². The van der Waals surface area contributed by atoms with Crippen molar-refractivity contribution >= 4 is 33.4 Å². The molecule has 0 unspecified atom stereocenters. The second kappa shape index (κ2) is 7.13. The number of carbonyl (C=O) groups excluding carboxylic acids is 2. The molecule has 1 N–H and O–H groups in total. The number of halogens is 1. The zero-order chi connectivity index (χ0) is 17.1. The van der Waals surface area contributed by atoms with E-state index in [2.05, 4.69) is 26.2 Å². The lowest BCUT2D eigenvalue weighted by Gasteiger charge is -2.17. The van der Waals surface area contributed by atoms with Gasteiger partial charge in [-0.15, -0.1) is 0 Å². The van der Waals surface area contributed by atoms with Crippen LogP contribution in [0.15, 0.2) is 47.1 Å². The average molecular weight is 388 g/mol. The summed E-state index contributed by atoms with van der Waals surface area (Å²) in [6.45, 7) is 2.76. The molecule has 3 rings (SSSR count). The zero-order valence-corrected chi connectivity index (χ0v) is 14.9. The molecule has 1 fully saturated rings. The normalized spacial score (nSPS) is 17.2. The highest BCUT2D eigenvalue weighted by atomic mass is 79.9. The Labute approximate surface area is 149 Å². The number of hydrogen-bond acceptors (Lipinski definition) is 3. The van der Waals surface area contributed by atoms with Crippen molar-refractivity contribution in [1.82, 2.24) is 10.3 Å². The fourth-order valence-electron chi connectivity index (χ4n) is 2.75. The van der Waals surface area contributed by atoms with E-state index in [-0.39, 0.29) is 24.2 Å². The van der Waals surface area contributed by atoms with Gasteiger partial charge in [-0.2, -0.15) is 0 Å². The van der Waals surface area contributed by atoms with Crippen LogP contribution < -0.4 is 10.2 Å². The number of anilines is 1. The van der Waals surface area contributed by atoms with Crippen molar-refractivity contribution in [1.29, 1.82) is 0 Å². The van der Waals surface area contributed by atoms with Gasteiger partial charge < -0.3 is 10.2 Å². The van der Waals surface area contributed by atoms with Gasteiger partial charge in [0.2, 0.25) is 11.8 Å². The molecular weight excluding hydrogens is 370 g/mol. The third kappa shape index (κ3) is 3.64. The molecule has 1 aromatic carbocycles. The second-order valence-corrected chi connectivity index (χ2v) is 6.73. The number of amides is 2. The number of rotatable bonds is 4. The Hall–Kier alpha value is -2.21. The highest BCUT2D eigenvalue weighted by Crippen LogP contribution is 2.28. The number of aromatic nitrogens is 1. The molecule has 6 heteroatoms. The van der Waals surface area contributed by atoms with E-state index in [4.69, 9.17) is 0 Å². The van der Waals surface area contributed by atoms with Gasteiger partial charge in [0.25, 0.3) is 0 Å². The van der Waals surface area contributed by atoms with Gasteiger partial charge in [0.05, 0.1) is 18.2 Å². The van der Waals surface area contributed by atoms with Gasteiger partial charge in [-0.1, -0.05) is 22.0 Å². The highest BCUT2D eigenvalue weighted by Gasteiger charge is 2.35. The number of aryl methyl sites for hydroxylation is 1. The van der Waals surface area contributed by atoms with Crippen LogP contribution in [0.2, 0.25) is 0 Å². The van der Waals surface area contributed by atoms with Gasteiger partial charge in [0, 0.05) is 29.3 Å². The number of hydrogen-bond donors (Lipinski definition) is 1. The van der Waals surface area contributed by atoms with E-state index >= 15 is 0 Å². The van der Waals surface area contributed by atoms with E-state index in [0.717, 1.165) is 21.4 Å². The van der Waals surface area contributed by atoms with E-state index in [9.17, 15) is 9.59 Å². The molecule has 1 aromatic heterocycles. The molecule has 0 aliphatic carbocycles. The number of nitrogens with one attached hydrogen (secondary N) is 1. The fourth-order valence-corrected chi connectivity index (χ4v) is 3.00. The first-order chi connectivity index (χ1) is 11.5. The molecule has 1 aliphatic heterocycles. The first-order valence-electron chi connectivity index (χ1n) is 7.79. The minimum absolute atomic E-state index is 0.0188. The third-order valence-corrected chi connectivity index (χ3v) is 5.01. The van der Waals surface area contributed by atoms with Crippen LogP contribution in [0.25, 0.3) is 0 Å². The van der Waals surface area contributed by atoms with Gasteiger partial charge in [0.15, 0.2) is 0 Å². The maximum atomic E-state index is 12.3. The van der Waals surface area contributed by atoms with Crippen LogP contribution in [0, 0.1) is 12.8 Å². The number of pyridine rings is 1. The Morgan fingerprint density at radius 3 is 2.92 bits per heavy atom. The van der Waals surface area contributed by atoms with Crippen molar-refractivity contribution in [2.45, 2.75) is 19.9 Å². The fraction of sp³-hybridized carbons (Fsp3) is 0.278. The van der Waals surface area contributed by atoms with Gasteiger partial charge in [-0.25, -0.2) is 0 Å². The molecule has 5 nitrogen and oxygen atoms in total. The summed E-state index contributed by atoms with van der Waals surface area (Å²) < 4.78 is 1.00. The Morgan fingerprint density at radius 1 is 1.38 bits per heavy atom. The lowest BCUT2D eigenvalue weighted by atomic mass is 10.1. The molecular formula is C18H18BrN3O2. The van der Waals surface area contributed by atoms with Crippen molar-refractivity contribution in [2.75, 3.05) is 11.4 Å². The minimum Gasteiger partial charge on any atom is -0.350 e. The van der Waals surface area contributed by atoms with Crippen molar-refractivity contribution < 1.29 is 9.59 Å². The van der Waals surface area contributed by atoms with E-state index in [1.54, 1.807) is 11.1 Å². The first-order valence-corrected chi connectivity index (χ1v) is 8.58. The van der Waals surface area contributed by atoms with Crippen molar-refractivity contribution in [3.05, 3.63) is 58.3 Å². The Bertz CT molecular complexity index is 764. The quantitative estimate of drug-likeness (QED) is 0.876. The highest BCUT2D eigenvalue weighted by molar-refractivity contribution is 9.10. The minimum atomic E-state index is -0.329. The van der Waals surface area contributed by atoms with E-state index in [0.29, 0.717) is 13.1 Å². The topological polar surface area (TPSA) is 62.3 Å². The summed E-state index contributed by atoms with van der Waals surface area (Å²) in [6, 6.07) is 11.3. The first kappa shape index (κ1) is 16.6. The molecule has 0 spiro atoms. The lowest BCUT2D eigenvalue weighted by molar-refractivity contribution is -0.126. The van der Waals surface area contributed by atoms with Crippen LogP contribution >= 0.6 is 15.9 Å². The van der Waals surface area contributed by atoms with Crippen LogP contribution in [0.5, 0.6) is 0 Å². The SMILES string of the molecule is Cc1cc(N2C[C@H](C(=O)NCc3ccccn3)CC2=O)ccc1Br. The van der Waals surface area contributed by atoms with Crippen LogP contribution in [-0.4, -0.2) is 23.3 Å². The van der Waals surface area contributed by atoms with E-state index in [1.807, 2.05) is 43.3 Å². The van der Waals surface area contributed by atoms with Crippen LogP contribution in [0.4, 0.5) is 5.69 Å². The molecule has 1 atom stereocenters. The molecule has 1 saturated heterocycles. The molecule has 2 amide bonds. The summed E-state index contributed by atoms with van der Waals surface area (Å²) in [5.41, 5.74) is 2.69. The summed E-state index contributed by atoms with van der Waals surface area (Å²) in [4.78, 5) is 30.5. The summed E-state index contributed by atoms with van der Waals surface area (Å²) in [7, 11) is 0. The number of carbonyl (C=O) groups is 2. The number of benzene rings is 1. The monoisotopic (exact) mass is 387 g/mol. The summed E-state index contributed by atoms with van der Waals surface area (Å²) >= 11 is 3.46. The van der Waals surface area contributed by atoms with Crippen LogP contribution in [-0.2, 0) is 16.1 Å². The lowest BCUT2D eigenvalue weighted by Crippen LogP contribution is -2.32. The molecule has 124 valence electrons. The molecule has 0 bridgehead atoms. The molecule has 0 radical (unpaired) electrons. The van der Waals surface area contributed by atoms with Crippen LogP contribution in [0.3, 0.4) is 0 Å². The summed E-state index contributed by atoms with van der Waals surface area (Å²) in [5, 5.41) is 2.87. The van der Waals surface area contributed by atoms with Crippen LogP contribution in [0.1, 0.15) is 17.7 Å². The third-order valence-electron chi connectivity index (χ3n) is 4.12. The van der Waals surface area contributed by atoms with Crippen molar-refractivity contribution in [3.8, 4) is 0 Å². The van der Waals surface area contributed by atoms with Gasteiger partial charge in [-0.3, -0.25) is 14.6 Å². The van der Waals surface area contributed by atoms with Crippen molar-refractivity contribution in [2.24, 2.45) is 5.92 Å². The maximum Gasteiger partial charge on any atom is 0.227 e. The van der Waals surface area contributed by atoms with Crippen molar-refractivity contribution in [3.63, 3.8) is 0 Å². The average Bonchev–Trinajstić information content (AvgIpc) is 2.98. The maximum absolute atomic E-state index is 12.3. The van der Waals surface area contributed by atoms with Gasteiger partial charge in [0.1, 0.15) is 0 Å². The Kier molecular flexibility index (Phi) is 4.94. The molecule has 2 heterocycles. The second-order valence-electron chi connectivity index (χ2n) is 5.88. The molecule has 0 saturated carbocycles. The summed E-state index contributed by atoms with van der Waals surface area (Å²) in [6.07, 6.45) is 1.93. The predicted octanol–water partition coefficient (Wildman–Crippen LogP) is 2.82. The zero-order valence-electron chi connectivity index (χ0n) is 13.3. The summed E-state index contributed by atoms with van der Waals surface area (Å²) in [5.74, 6) is -0.454. The molecule has 2 aromatic rings. The Morgan fingerprint density at radius 2 is 2.21 bits per heavy atom. The molecule has 1 aliphatic rings.